The number of nitrogens with zero attached hydrogens (tertiary/aromatic N) is 7. The zero-order chi connectivity index (χ0) is 21.0. The third-order valence-corrected chi connectivity index (χ3v) is 5.09. The van der Waals surface area contributed by atoms with E-state index in [0.717, 1.165) is 0 Å². The number of sulfonamides is 1. The smallest absolute Gasteiger partial charge is 0.276 e. The Labute approximate surface area is 170 Å². The molecule has 1 amide bonds. The molecule has 0 aliphatic heterocycles. The van der Waals surface area contributed by atoms with Crippen molar-refractivity contribution in [2.75, 3.05) is 10.0 Å². The van der Waals surface area contributed by atoms with Gasteiger partial charge in [0.1, 0.15) is 12.7 Å². The van der Waals surface area contributed by atoms with Crippen molar-refractivity contribution >= 4 is 27.6 Å². The molecule has 150 valence electrons. The predicted octanol–water partition coefficient (Wildman–Crippen LogP) is 0.900. The van der Waals surface area contributed by atoms with Gasteiger partial charge < -0.3 is 5.32 Å². The molecule has 0 aliphatic rings. The average molecular weight is 423 g/mol. The molecule has 0 radical (unpaired) electrons. The van der Waals surface area contributed by atoms with E-state index in [1.165, 1.54) is 60.1 Å². The van der Waals surface area contributed by atoms with Crippen molar-refractivity contribution in [1.82, 2.24) is 34.9 Å². The highest BCUT2D eigenvalue weighted by Gasteiger charge is 2.16. The summed E-state index contributed by atoms with van der Waals surface area (Å²) in [7, 11) is -3.86. The Kier molecular flexibility index (Phi) is 5.09. The van der Waals surface area contributed by atoms with Crippen LogP contribution in [0, 0.1) is 0 Å². The topological polar surface area (TPSA) is 158 Å². The van der Waals surface area contributed by atoms with E-state index in [1.807, 2.05) is 0 Å². The molecule has 0 saturated heterocycles. The minimum absolute atomic E-state index is 0.00933. The fourth-order valence-electron chi connectivity index (χ4n) is 2.34. The van der Waals surface area contributed by atoms with Gasteiger partial charge in [0.2, 0.25) is 5.95 Å². The normalized spacial score (nSPS) is 11.1. The number of amides is 1. The summed E-state index contributed by atoms with van der Waals surface area (Å²) in [5.74, 6) is -0.129. The molecule has 0 unspecified atom stereocenters. The van der Waals surface area contributed by atoms with Crippen molar-refractivity contribution < 1.29 is 13.2 Å². The van der Waals surface area contributed by atoms with Crippen LogP contribution in [0.3, 0.4) is 0 Å². The highest BCUT2D eigenvalue weighted by atomic mass is 32.2. The molecule has 2 N–H and O–H groups in total. The Bertz CT molecular complexity index is 1240. The lowest BCUT2D eigenvalue weighted by atomic mass is 10.3. The van der Waals surface area contributed by atoms with Crippen molar-refractivity contribution in [3.8, 4) is 5.82 Å². The second-order valence-corrected chi connectivity index (χ2v) is 7.46. The zero-order valence-corrected chi connectivity index (χ0v) is 15.9. The fourth-order valence-corrected chi connectivity index (χ4v) is 3.30. The monoisotopic (exact) mass is 423 g/mol. The van der Waals surface area contributed by atoms with Gasteiger partial charge in [-0.25, -0.2) is 32.8 Å². The van der Waals surface area contributed by atoms with E-state index in [2.05, 4.69) is 40.3 Å². The first-order valence-electron chi connectivity index (χ1n) is 8.41. The number of hydrogen-bond donors (Lipinski definition) is 2. The maximum Gasteiger partial charge on any atom is 0.276 e. The number of carbonyl (C=O) groups excluding carboxylic acids is 1. The molecule has 0 atom stereocenters. The highest BCUT2D eigenvalue weighted by Crippen LogP contribution is 2.17. The van der Waals surface area contributed by atoms with Gasteiger partial charge in [-0.1, -0.05) is 0 Å². The molecule has 0 spiro atoms. The average Bonchev–Trinajstić information content (AvgIpc) is 3.30. The van der Waals surface area contributed by atoms with E-state index >= 15 is 0 Å². The van der Waals surface area contributed by atoms with Gasteiger partial charge in [-0.15, -0.1) is 10.2 Å². The number of anilines is 2. The maximum absolute atomic E-state index is 12.4. The van der Waals surface area contributed by atoms with Crippen molar-refractivity contribution in [2.24, 2.45) is 0 Å². The van der Waals surface area contributed by atoms with Crippen molar-refractivity contribution in [1.29, 1.82) is 0 Å². The minimum Gasteiger partial charge on any atom is -0.321 e. The van der Waals surface area contributed by atoms with Crippen LogP contribution in [0.4, 0.5) is 11.6 Å². The van der Waals surface area contributed by atoms with Crippen molar-refractivity contribution in [2.45, 2.75) is 4.90 Å². The largest absolute Gasteiger partial charge is 0.321 e. The number of benzene rings is 1. The Morgan fingerprint density at radius 1 is 0.967 bits per heavy atom. The van der Waals surface area contributed by atoms with Gasteiger partial charge in [0.05, 0.1) is 4.90 Å². The number of carbonyl (C=O) groups is 1. The van der Waals surface area contributed by atoms with Crippen LogP contribution in [0.25, 0.3) is 5.82 Å². The standard InChI is InChI=1S/C17H13N9O3S/c27-16(14-6-7-15(24-23-14)26-11-18-10-21-26)22-12-2-4-13(5-3-12)30(28,29)25-17-19-8-1-9-20-17/h1-11H,(H,22,27)(H,19,20,25). The quantitative estimate of drug-likeness (QED) is 0.459. The van der Waals surface area contributed by atoms with Crippen molar-refractivity contribution in [3.05, 3.63) is 73.2 Å². The first-order chi connectivity index (χ1) is 14.5. The third kappa shape index (κ3) is 4.25. The zero-order valence-electron chi connectivity index (χ0n) is 15.1. The second kappa shape index (κ2) is 8.00. The highest BCUT2D eigenvalue weighted by molar-refractivity contribution is 7.92. The summed E-state index contributed by atoms with van der Waals surface area (Å²) in [5, 5.41) is 14.3. The molecule has 4 rings (SSSR count). The lowest BCUT2D eigenvalue weighted by Crippen LogP contribution is -2.16. The van der Waals surface area contributed by atoms with Crippen LogP contribution in [-0.4, -0.2) is 49.3 Å². The second-order valence-electron chi connectivity index (χ2n) is 5.77. The molecule has 3 aromatic heterocycles. The molecular weight excluding hydrogens is 410 g/mol. The summed E-state index contributed by atoms with van der Waals surface area (Å²) in [6, 6.07) is 10.2. The molecule has 30 heavy (non-hydrogen) atoms. The van der Waals surface area contributed by atoms with Gasteiger partial charge in [-0.2, -0.15) is 5.10 Å². The van der Waals surface area contributed by atoms with Gasteiger partial charge in [0, 0.05) is 18.1 Å². The van der Waals surface area contributed by atoms with E-state index in [9.17, 15) is 13.2 Å². The van der Waals surface area contributed by atoms with Crippen LogP contribution < -0.4 is 10.0 Å². The predicted molar refractivity (Wildman–Crippen MR) is 104 cm³/mol. The molecule has 3 heterocycles. The summed E-state index contributed by atoms with van der Waals surface area (Å²) in [5.41, 5.74) is 0.468. The molecular formula is C17H13N9O3S. The Morgan fingerprint density at radius 2 is 1.73 bits per heavy atom. The minimum atomic E-state index is -3.86. The summed E-state index contributed by atoms with van der Waals surface area (Å²) in [6.45, 7) is 0. The molecule has 0 bridgehead atoms. The van der Waals surface area contributed by atoms with Crippen LogP contribution in [0.2, 0.25) is 0 Å². The first kappa shape index (κ1) is 19.1. The van der Waals surface area contributed by atoms with Crippen molar-refractivity contribution in [3.63, 3.8) is 0 Å². The Balaban J connectivity index is 1.43. The number of aromatic nitrogens is 7. The van der Waals surface area contributed by atoms with Gasteiger partial charge in [0.25, 0.3) is 15.9 Å². The van der Waals surface area contributed by atoms with E-state index in [4.69, 9.17) is 0 Å². The van der Waals surface area contributed by atoms with Crippen LogP contribution in [-0.2, 0) is 10.0 Å². The number of hydrogen-bond acceptors (Lipinski definition) is 9. The van der Waals surface area contributed by atoms with Gasteiger partial charge in [-0.3, -0.25) is 4.79 Å². The Morgan fingerprint density at radius 3 is 2.37 bits per heavy atom. The SMILES string of the molecule is O=C(Nc1ccc(S(=O)(=O)Nc2ncccn2)cc1)c1ccc(-n2cncn2)nn1. The van der Waals surface area contributed by atoms with E-state index in [0.29, 0.717) is 11.5 Å². The molecule has 4 aromatic rings. The third-order valence-electron chi connectivity index (χ3n) is 3.75. The molecule has 13 heteroatoms. The summed E-state index contributed by atoms with van der Waals surface area (Å²) in [6.07, 6.45) is 5.66. The molecule has 0 saturated carbocycles. The van der Waals surface area contributed by atoms with Gasteiger partial charge in [0.15, 0.2) is 11.5 Å². The number of rotatable bonds is 6. The van der Waals surface area contributed by atoms with E-state index in [-0.39, 0.29) is 16.5 Å². The van der Waals surface area contributed by atoms with Gasteiger partial charge in [-0.05, 0) is 42.5 Å². The summed E-state index contributed by atoms with van der Waals surface area (Å²) in [4.78, 5) is 23.8. The molecule has 1 aromatic carbocycles. The van der Waals surface area contributed by atoms with Gasteiger partial charge >= 0.3 is 0 Å². The summed E-state index contributed by atoms with van der Waals surface area (Å²) < 4.78 is 28.4. The van der Waals surface area contributed by atoms with E-state index < -0.39 is 15.9 Å². The summed E-state index contributed by atoms with van der Waals surface area (Å²) >= 11 is 0. The van der Waals surface area contributed by atoms with Crippen LogP contribution in [0.1, 0.15) is 10.5 Å². The van der Waals surface area contributed by atoms with Crippen LogP contribution in [0.15, 0.2) is 72.4 Å². The number of nitrogens with one attached hydrogen (secondary N) is 2. The Hall–Kier alpha value is -4.26. The van der Waals surface area contributed by atoms with Crippen LogP contribution in [0.5, 0.6) is 0 Å². The lowest BCUT2D eigenvalue weighted by Gasteiger charge is -2.08. The molecule has 0 fully saturated rings. The molecule has 12 nitrogen and oxygen atoms in total. The lowest BCUT2D eigenvalue weighted by molar-refractivity contribution is 0.102. The van der Waals surface area contributed by atoms with E-state index in [1.54, 1.807) is 12.1 Å². The molecule has 0 aliphatic carbocycles. The fraction of sp³-hybridized carbons (Fsp3) is 0. The van der Waals surface area contributed by atoms with Crippen LogP contribution >= 0.6 is 0 Å². The first-order valence-corrected chi connectivity index (χ1v) is 9.89. The maximum atomic E-state index is 12.4.